The van der Waals surface area contributed by atoms with E-state index in [1.165, 1.54) is 0 Å². The lowest BCUT2D eigenvalue weighted by Gasteiger charge is -2.33. The van der Waals surface area contributed by atoms with Crippen molar-refractivity contribution < 1.29 is 13.2 Å². The quantitative estimate of drug-likeness (QED) is 0.738. The molecule has 0 aromatic heterocycles. The highest BCUT2D eigenvalue weighted by Gasteiger charge is 2.25. The number of amides is 1. The van der Waals surface area contributed by atoms with Gasteiger partial charge in [0.05, 0.1) is 25.3 Å². The van der Waals surface area contributed by atoms with Gasteiger partial charge in [0.2, 0.25) is 15.9 Å². The third kappa shape index (κ3) is 6.78. The standard InChI is InChI=1S/C18H25ClN4O3S/c1-14-12-16(4-5-17(14)19)23(9-3-8-20)18(24)13-22-10-6-15(7-11-22)21-27(2,25)26/h4-5,12,15,21H,3,6-7,9-11,13H2,1-2H3. The first-order valence-electron chi connectivity index (χ1n) is 8.82. The number of nitrogens with one attached hydrogen (secondary N) is 1. The van der Waals surface area contributed by atoms with Crippen LogP contribution < -0.4 is 9.62 Å². The number of aryl methyl sites for hydroxylation is 1. The Bertz CT molecular complexity index is 814. The van der Waals surface area contributed by atoms with Crippen molar-refractivity contribution in [2.45, 2.75) is 32.2 Å². The van der Waals surface area contributed by atoms with Crippen molar-refractivity contribution in [1.82, 2.24) is 9.62 Å². The fourth-order valence-corrected chi connectivity index (χ4v) is 4.10. The number of piperidine rings is 1. The summed E-state index contributed by atoms with van der Waals surface area (Å²) in [4.78, 5) is 16.5. The first-order valence-corrected chi connectivity index (χ1v) is 11.1. The average molecular weight is 413 g/mol. The summed E-state index contributed by atoms with van der Waals surface area (Å²) in [6.07, 6.45) is 2.73. The summed E-state index contributed by atoms with van der Waals surface area (Å²) in [6.45, 7) is 3.72. The summed E-state index contributed by atoms with van der Waals surface area (Å²) in [5.74, 6) is -0.0819. The summed E-state index contributed by atoms with van der Waals surface area (Å²) in [6, 6.07) is 7.38. The van der Waals surface area contributed by atoms with E-state index in [9.17, 15) is 13.2 Å². The molecule has 1 N–H and O–H groups in total. The number of nitrogens with zero attached hydrogens (tertiary/aromatic N) is 3. The van der Waals surface area contributed by atoms with E-state index in [1.807, 2.05) is 17.9 Å². The summed E-state index contributed by atoms with van der Waals surface area (Å²) in [5, 5.41) is 9.54. The predicted molar refractivity (Wildman–Crippen MR) is 106 cm³/mol. The van der Waals surface area contributed by atoms with Crippen molar-refractivity contribution in [2.75, 3.05) is 37.3 Å². The molecule has 0 spiro atoms. The summed E-state index contributed by atoms with van der Waals surface area (Å²) >= 11 is 6.07. The second-order valence-electron chi connectivity index (χ2n) is 6.83. The van der Waals surface area contributed by atoms with Crippen molar-refractivity contribution in [2.24, 2.45) is 0 Å². The van der Waals surface area contributed by atoms with Crippen LogP contribution in [0.4, 0.5) is 5.69 Å². The Kier molecular flexibility index (Phi) is 7.62. The number of hydrogen-bond acceptors (Lipinski definition) is 5. The monoisotopic (exact) mass is 412 g/mol. The van der Waals surface area contributed by atoms with Crippen LogP contribution in [0.3, 0.4) is 0 Å². The third-order valence-electron chi connectivity index (χ3n) is 4.53. The highest BCUT2D eigenvalue weighted by atomic mass is 35.5. The van der Waals surface area contributed by atoms with Gasteiger partial charge in [0, 0.05) is 36.4 Å². The van der Waals surface area contributed by atoms with Crippen molar-refractivity contribution in [1.29, 1.82) is 5.26 Å². The minimum atomic E-state index is -3.22. The number of benzene rings is 1. The van der Waals surface area contributed by atoms with Gasteiger partial charge >= 0.3 is 0 Å². The predicted octanol–water partition coefficient (Wildman–Crippen LogP) is 1.91. The number of sulfonamides is 1. The maximum absolute atomic E-state index is 12.9. The number of carbonyl (C=O) groups excluding carboxylic acids is 1. The summed E-state index contributed by atoms with van der Waals surface area (Å²) in [7, 11) is -3.22. The van der Waals surface area contributed by atoms with Gasteiger partial charge in [-0.15, -0.1) is 0 Å². The van der Waals surface area contributed by atoms with E-state index in [0.717, 1.165) is 17.5 Å². The van der Waals surface area contributed by atoms with Gasteiger partial charge < -0.3 is 4.90 Å². The molecule has 0 radical (unpaired) electrons. The molecule has 1 heterocycles. The van der Waals surface area contributed by atoms with Crippen LogP contribution in [0.15, 0.2) is 18.2 Å². The van der Waals surface area contributed by atoms with Gasteiger partial charge in [0.1, 0.15) is 0 Å². The van der Waals surface area contributed by atoms with Gasteiger partial charge in [-0.3, -0.25) is 9.69 Å². The number of anilines is 1. The van der Waals surface area contributed by atoms with Gasteiger partial charge in [-0.05, 0) is 43.5 Å². The van der Waals surface area contributed by atoms with Gasteiger partial charge in [-0.25, -0.2) is 13.1 Å². The Morgan fingerprint density at radius 3 is 2.63 bits per heavy atom. The number of hydrogen-bond donors (Lipinski definition) is 1. The lowest BCUT2D eigenvalue weighted by atomic mass is 10.1. The van der Waals surface area contributed by atoms with Crippen LogP contribution in [0.2, 0.25) is 5.02 Å². The van der Waals surface area contributed by atoms with Crippen molar-refractivity contribution in [3.63, 3.8) is 0 Å². The Morgan fingerprint density at radius 2 is 2.07 bits per heavy atom. The molecule has 0 saturated carbocycles. The normalized spacial score (nSPS) is 16.1. The van der Waals surface area contributed by atoms with Crippen molar-refractivity contribution in [3.05, 3.63) is 28.8 Å². The van der Waals surface area contributed by atoms with Crippen molar-refractivity contribution in [3.8, 4) is 6.07 Å². The van der Waals surface area contributed by atoms with Crippen molar-refractivity contribution >= 4 is 33.2 Å². The van der Waals surface area contributed by atoms with Crippen LogP contribution in [-0.2, 0) is 14.8 Å². The number of halogens is 1. The molecule has 1 aliphatic rings. The molecule has 1 aromatic rings. The maximum atomic E-state index is 12.9. The maximum Gasteiger partial charge on any atom is 0.241 e. The zero-order valence-corrected chi connectivity index (χ0v) is 17.2. The lowest BCUT2D eigenvalue weighted by molar-refractivity contribution is -0.120. The van der Waals surface area contributed by atoms with Crippen LogP contribution in [-0.4, -0.2) is 57.7 Å². The number of rotatable bonds is 7. The van der Waals surface area contributed by atoms with E-state index in [1.54, 1.807) is 17.0 Å². The molecule has 148 valence electrons. The third-order valence-corrected chi connectivity index (χ3v) is 5.71. The largest absolute Gasteiger partial charge is 0.310 e. The highest BCUT2D eigenvalue weighted by Crippen LogP contribution is 2.23. The van der Waals surface area contributed by atoms with E-state index < -0.39 is 10.0 Å². The average Bonchev–Trinajstić information content (AvgIpc) is 2.59. The fourth-order valence-electron chi connectivity index (χ4n) is 3.14. The smallest absolute Gasteiger partial charge is 0.241 e. The van der Waals surface area contributed by atoms with E-state index in [2.05, 4.69) is 10.8 Å². The summed E-state index contributed by atoms with van der Waals surface area (Å²) in [5.41, 5.74) is 1.60. The van der Waals surface area contributed by atoms with Gasteiger partial charge in [-0.2, -0.15) is 5.26 Å². The summed E-state index contributed by atoms with van der Waals surface area (Å²) < 4.78 is 25.3. The van der Waals surface area contributed by atoms with Gasteiger partial charge in [0.15, 0.2) is 0 Å². The Labute approximate surface area is 165 Å². The van der Waals surface area contributed by atoms with E-state index >= 15 is 0 Å². The molecule has 1 saturated heterocycles. The van der Waals surface area contributed by atoms with Crippen LogP contribution >= 0.6 is 11.6 Å². The molecule has 2 rings (SSSR count). The van der Waals surface area contributed by atoms with Crippen LogP contribution in [0.25, 0.3) is 0 Å². The molecular formula is C18H25ClN4O3S. The molecule has 0 unspecified atom stereocenters. The number of nitriles is 1. The zero-order chi connectivity index (χ0) is 20.0. The van der Waals surface area contributed by atoms with E-state index in [4.69, 9.17) is 16.9 Å². The molecule has 27 heavy (non-hydrogen) atoms. The molecule has 0 bridgehead atoms. The molecule has 1 fully saturated rings. The molecule has 1 aromatic carbocycles. The fraction of sp³-hybridized carbons (Fsp3) is 0.556. The number of likely N-dealkylation sites (tertiary alicyclic amines) is 1. The zero-order valence-electron chi connectivity index (χ0n) is 15.6. The van der Waals surface area contributed by atoms with Crippen LogP contribution in [0.5, 0.6) is 0 Å². The minimum absolute atomic E-state index is 0.0819. The van der Waals surface area contributed by atoms with Gasteiger partial charge in [0.25, 0.3) is 0 Å². The second kappa shape index (κ2) is 9.51. The van der Waals surface area contributed by atoms with Gasteiger partial charge in [-0.1, -0.05) is 11.6 Å². The Hall–Kier alpha value is -1.66. The highest BCUT2D eigenvalue weighted by molar-refractivity contribution is 7.88. The van der Waals surface area contributed by atoms with Crippen LogP contribution in [0, 0.1) is 18.3 Å². The first kappa shape index (κ1) is 21.6. The number of carbonyl (C=O) groups is 1. The van der Waals surface area contributed by atoms with Crippen LogP contribution in [0.1, 0.15) is 24.8 Å². The Morgan fingerprint density at radius 1 is 1.41 bits per heavy atom. The topological polar surface area (TPSA) is 93.5 Å². The molecule has 0 atom stereocenters. The Balaban J connectivity index is 2.00. The molecule has 7 nitrogen and oxygen atoms in total. The van der Waals surface area contributed by atoms with E-state index in [-0.39, 0.29) is 24.9 Å². The molecule has 9 heteroatoms. The lowest BCUT2D eigenvalue weighted by Crippen LogP contribution is -2.48. The molecule has 1 amide bonds. The SMILES string of the molecule is Cc1cc(N(CCC#N)C(=O)CN2CCC(NS(C)(=O)=O)CC2)ccc1Cl. The first-order chi connectivity index (χ1) is 12.7. The second-order valence-corrected chi connectivity index (χ2v) is 9.01. The molecule has 0 aliphatic carbocycles. The molecule has 1 aliphatic heterocycles. The minimum Gasteiger partial charge on any atom is -0.310 e. The van der Waals surface area contributed by atoms with E-state index in [0.29, 0.717) is 37.5 Å². The molecular weight excluding hydrogens is 388 g/mol.